The minimum atomic E-state index is -0.370. The Labute approximate surface area is 123 Å². The molecule has 3 nitrogen and oxygen atoms in total. The number of benzene rings is 3. The first-order valence-electron chi connectivity index (χ1n) is 6.31. The van der Waals surface area contributed by atoms with Crippen molar-refractivity contribution in [1.29, 1.82) is 0 Å². The van der Waals surface area contributed by atoms with E-state index in [0.29, 0.717) is 27.5 Å². The molecule has 21 heavy (non-hydrogen) atoms. The number of phenols is 1. The third-order valence-electron chi connectivity index (χ3n) is 3.48. The van der Waals surface area contributed by atoms with E-state index in [4.69, 9.17) is 11.6 Å². The first kappa shape index (κ1) is 12.3. The summed E-state index contributed by atoms with van der Waals surface area (Å²) in [7, 11) is 0. The van der Waals surface area contributed by atoms with E-state index in [0.717, 1.165) is 5.39 Å². The van der Waals surface area contributed by atoms with Crippen LogP contribution in [-0.4, -0.2) is 15.1 Å². The van der Waals surface area contributed by atoms with Crippen molar-refractivity contribution >= 4 is 44.4 Å². The van der Waals surface area contributed by atoms with Gasteiger partial charge in [0.15, 0.2) is 0 Å². The summed E-state index contributed by atoms with van der Waals surface area (Å²) in [5, 5.41) is 11.7. The van der Waals surface area contributed by atoms with E-state index >= 15 is 0 Å². The molecule has 0 saturated carbocycles. The average molecular weight is 299 g/mol. The summed E-state index contributed by atoms with van der Waals surface area (Å²) in [6.07, 6.45) is 0. The van der Waals surface area contributed by atoms with Crippen LogP contribution in [0, 0.1) is 5.82 Å². The van der Waals surface area contributed by atoms with Gasteiger partial charge in [0.1, 0.15) is 22.1 Å². The second-order valence-corrected chi connectivity index (χ2v) is 5.14. The Morgan fingerprint density at radius 3 is 2.43 bits per heavy atom. The molecule has 0 fully saturated rings. The second kappa shape index (κ2) is 4.27. The van der Waals surface area contributed by atoms with Gasteiger partial charge >= 0.3 is 0 Å². The lowest BCUT2D eigenvalue weighted by Crippen LogP contribution is -1.91. The van der Waals surface area contributed by atoms with Crippen LogP contribution >= 0.6 is 11.6 Å². The summed E-state index contributed by atoms with van der Waals surface area (Å²) in [5.41, 5.74) is 1.94. The number of hydrogen-bond acceptors (Lipinski definition) is 3. The lowest BCUT2D eigenvalue weighted by Gasteiger charge is -2.09. The van der Waals surface area contributed by atoms with E-state index in [1.807, 2.05) is 12.1 Å². The molecule has 1 heterocycles. The van der Waals surface area contributed by atoms with Crippen molar-refractivity contribution in [3.8, 4) is 5.75 Å². The molecule has 0 aliphatic rings. The molecule has 0 aliphatic heterocycles. The SMILES string of the molecule is Oc1c(Cl)c2nc3ccc(F)cc3nc2c2ccccc12. The largest absolute Gasteiger partial charge is 0.506 e. The van der Waals surface area contributed by atoms with E-state index in [1.54, 1.807) is 18.2 Å². The van der Waals surface area contributed by atoms with Crippen molar-refractivity contribution in [2.75, 3.05) is 0 Å². The summed E-state index contributed by atoms with van der Waals surface area (Å²) in [5.74, 6) is -0.388. The van der Waals surface area contributed by atoms with Crippen LogP contribution in [0.1, 0.15) is 0 Å². The zero-order chi connectivity index (χ0) is 14.6. The molecule has 4 aromatic rings. The van der Waals surface area contributed by atoms with Gasteiger partial charge in [-0.1, -0.05) is 35.9 Å². The maximum absolute atomic E-state index is 13.4. The van der Waals surface area contributed by atoms with Crippen molar-refractivity contribution in [2.24, 2.45) is 0 Å². The van der Waals surface area contributed by atoms with Gasteiger partial charge in [-0.15, -0.1) is 0 Å². The van der Waals surface area contributed by atoms with E-state index in [2.05, 4.69) is 9.97 Å². The molecule has 102 valence electrons. The highest BCUT2D eigenvalue weighted by molar-refractivity contribution is 6.39. The van der Waals surface area contributed by atoms with Gasteiger partial charge in [0.05, 0.1) is 16.6 Å². The number of nitrogens with zero attached hydrogens (tertiary/aromatic N) is 2. The molecule has 0 spiro atoms. The Morgan fingerprint density at radius 2 is 1.62 bits per heavy atom. The van der Waals surface area contributed by atoms with Gasteiger partial charge in [-0.2, -0.15) is 0 Å². The first-order chi connectivity index (χ1) is 10.1. The van der Waals surface area contributed by atoms with Crippen LogP contribution in [0.3, 0.4) is 0 Å². The quantitative estimate of drug-likeness (QED) is 0.386. The molecule has 0 unspecified atom stereocenters. The van der Waals surface area contributed by atoms with Crippen LogP contribution in [-0.2, 0) is 0 Å². The molecule has 3 aromatic carbocycles. The minimum absolute atomic E-state index is 0.0180. The number of aromatic nitrogens is 2. The summed E-state index contributed by atoms with van der Waals surface area (Å²) in [4.78, 5) is 8.88. The monoisotopic (exact) mass is 298 g/mol. The van der Waals surface area contributed by atoms with E-state index < -0.39 is 0 Å². The highest BCUT2D eigenvalue weighted by Gasteiger charge is 2.15. The first-order valence-corrected chi connectivity index (χ1v) is 6.69. The lowest BCUT2D eigenvalue weighted by atomic mass is 10.1. The van der Waals surface area contributed by atoms with Crippen LogP contribution in [0.25, 0.3) is 32.8 Å². The van der Waals surface area contributed by atoms with E-state index in [1.165, 1.54) is 12.1 Å². The van der Waals surface area contributed by atoms with Crippen molar-refractivity contribution < 1.29 is 9.50 Å². The fraction of sp³-hybridized carbons (Fsp3) is 0. The van der Waals surface area contributed by atoms with Crippen LogP contribution in [0.4, 0.5) is 4.39 Å². The van der Waals surface area contributed by atoms with Crippen molar-refractivity contribution in [2.45, 2.75) is 0 Å². The Balaban J connectivity index is 2.30. The fourth-order valence-corrected chi connectivity index (χ4v) is 2.73. The topological polar surface area (TPSA) is 46.0 Å². The number of fused-ring (bicyclic) bond motifs is 4. The molecule has 0 saturated heterocycles. The Bertz CT molecular complexity index is 1030. The van der Waals surface area contributed by atoms with Crippen LogP contribution < -0.4 is 0 Å². The molecule has 0 atom stereocenters. The molecular formula is C16H8ClFN2O. The van der Waals surface area contributed by atoms with Gasteiger partial charge in [0, 0.05) is 16.8 Å². The van der Waals surface area contributed by atoms with E-state index in [-0.39, 0.29) is 16.6 Å². The van der Waals surface area contributed by atoms with Gasteiger partial charge in [-0.3, -0.25) is 0 Å². The standard InChI is InChI=1S/C16H8ClFN2O/c17-13-15-14(9-3-1-2-4-10(9)16(13)21)20-12-7-8(18)5-6-11(12)19-15/h1-7,21H. The van der Waals surface area contributed by atoms with Crippen LogP contribution in [0.15, 0.2) is 42.5 Å². The van der Waals surface area contributed by atoms with Gasteiger partial charge in [-0.05, 0) is 12.1 Å². The molecule has 0 bridgehead atoms. The molecule has 5 heteroatoms. The molecule has 0 aliphatic carbocycles. The normalized spacial score (nSPS) is 11.5. The van der Waals surface area contributed by atoms with Gasteiger partial charge in [-0.25, -0.2) is 14.4 Å². The lowest BCUT2D eigenvalue weighted by molar-refractivity contribution is 0.482. The highest BCUT2D eigenvalue weighted by Crippen LogP contribution is 2.39. The molecule has 1 aromatic heterocycles. The smallest absolute Gasteiger partial charge is 0.144 e. The summed E-state index contributed by atoms with van der Waals surface area (Å²) in [6.45, 7) is 0. The summed E-state index contributed by atoms with van der Waals surface area (Å²) >= 11 is 6.21. The zero-order valence-corrected chi connectivity index (χ0v) is 11.4. The number of aromatic hydroxyl groups is 1. The number of phenolic OH excluding ortho intramolecular Hbond substituents is 1. The van der Waals surface area contributed by atoms with Crippen molar-refractivity contribution in [3.05, 3.63) is 53.3 Å². The number of rotatable bonds is 0. The number of hydrogen-bond donors (Lipinski definition) is 1. The molecule has 1 N–H and O–H groups in total. The van der Waals surface area contributed by atoms with Crippen LogP contribution in [0.5, 0.6) is 5.75 Å². The van der Waals surface area contributed by atoms with Crippen molar-refractivity contribution in [1.82, 2.24) is 9.97 Å². The molecular weight excluding hydrogens is 291 g/mol. The highest BCUT2D eigenvalue weighted by atomic mass is 35.5. The summed E-state index contributed by atoms with van der Waals surface area (Å²) in [6, 6.07) is 11.4. The Morgan fingerprint density at radius 1 is 0.905 bits per heavy atom. The maximum Gasteiger partial charge on any atom is 0.144 e. The van der Waals surface area contributed by atoms with Crippen molar-refractivity contribution in [3.63, 3.8) is 0 Å². The van der Waals surface area contributed by atoms with Gasteiger partial charge < -0.3 is 5.11 Å². The zero-order valence-electron chi connectivity index (χ0n) is 10.6. The predicted molar refractivity (Wildman–Crippen MR) is 81.2 cm³/mol. The Kier molecular flexibility index (Phi) is 2.50. The molecule has 4 rings (SSSR count). The maximum atomic E-state index is 13.4. The Hall–Kier alpha value is -2.46. The fourth-order valence-electron chi connectivity index (χ4n) is 2.49. The van der Waals surface area contributed by atoms with E-state index in [9.17, 15) is 9.50 Å². The van der Waals surface area contributed by atoms with Crippen LogP contribution in [0.2, 0.25) is 5.02 Å². The number of halogens is 2. The third-order valence-corrected chi connectivity index (χ3v) is 3.84. The minimum Gasteiger partial charge on any atom is -0.506 e. The second-order valence-electron chi connectivity index (χ2n) is 4.76. The van der Waals surface area contributed by atoms with Gasteiger partial charge in [0.2, 0.25) is 0 Å². The average Bonchev–Trinajstić information content (AvgIpc) is 2.51. The van der Waals surface area contributed by atoms with Gasteiger partial charge in [0.25, 0.3) is 0 Å². The predicted octanol–water partition coefficient (Wildman–Crippen LogP) is 4.43. The molecule has 0 amide bonds. The third kappa shape index (κ3) is 1.73. The molecule has 0 radical (unpaired) electrons. The summed E-state index contributed by atoms with van der Waals surface area (Å²) < 4.78 is 13.4.